The van der Waals surface area contributed by atoms with Crippen molar-refractivity contribution in [2.45, 2.75) is 12.8 Å². The molecular formula is C15H15O5P. The molecule has 0 aliphatic carbocycles. The van der Waals surface area contributed by atoms with Crippen molar-refractivity contribution in [3.8, 4) is 5.75 Å². The molecule has 0 saturated carbocycles. The molecule has 0 aromatic heterocycles. The van der Waals surface area contributed by atoms with Gasteiger partial charge in [0.15, 0.2) is 5.78 Å². The highest BCUT2D eigenvalue weighted by molar-refractivity contribution is 7.46. The van der Waals surface area contributed by atoms with E-state index in [-0.39, 0.29) is 11.5 Å². The average Bonchev–Trinajstić information content (AvgIpc) is 2.45. The van der Waals surface area contributed by atoms with Crippen LogP contribution in [0.15, 0.2) is 54.6 Å². The molecule has 0 amide bonds. The van der Waals surface area contributed by atoms with Crippen LogP contribution in [-0.2, 0) is 11.0 Å². The fourth-order valence-electron chi connectivity index (χ4n) is 1.88. The van der Waals surface area contributed by atoms with E-state index in [9.17, 15) is 9.36 Å². The van der Waals surface area contributed by atoms with Crippen molar-refractivity contribution in [3.05, 3.63) is 65.7 Å². The molecule has 0 aliphatic rings. The van der Waals surface area contributed by atoms with Crippen LogP contribution in [-0.4, -0.2) is 15.6 Å². The van der Waals surface area contributed by atoms with Crippen molar-refractivity contribution in [2.75, 3.05) is 0 Å². The molecule has 5 nitrogen and oxygen atoms in total. The van der Waals surface area contributed by atoms with Gasteiger partial charge in [0.25, 0.3) is 0 Å². The van der Waals surface area contributed by atoms with Crippen LogP contribution in [0.3, 0.4) is 0 Å². The first-order chi connectivity index (χ1) is 9.94. The molecule has 110 valence electrons. The van der Waals surface area contributed by atoms with Gasteiger partial charge in [0.05, 0.1) is 0 Å². The van der Waals surface area contributed by atoms with Gasteiger partial charge in [0.1, 0.15) is 5.75 Å². The Labute approximate surface area is 122 Å². The van der Waals surface area contributed by atoms with Gasteiger partial charge in [-0.05, 0) is 24.1 Å². The average molecular weight is 306 g/mol. The minimum atomic E-state index is -4.53. The van der Waals surface area contributed by atoms with Crippen LogP contribution in [0.1, 0.15) is 22.3 Å². The molecule has 6 heteroatoms. The summed E-state index contributed by atoms with van der Waals surface area (Å²) in [6, 6.07) is 15.4. The second-order valence-corrected chi connectivity index (χ2v) is 5.68. The highest BCUT2D eigenvalue weighted by Crippen LogP contribution is 2.37. The molecule has 0 bridgehead atoms. The van der Waals surface area contributed by atoms with Crippen LogP contribution in [0.5, 0.6) is 5.75 Å². The predicted octanol–water partition coefficient (Wildman–Crippen LogP) is 2.97. The first kappa shape index (κ1) is 15.4. The Morgan fingerprint density at radius 3 is 2.19 bits per heavy atom. The highest BCUT2D eigenvalue weighted by atomic mass is 31.2. The molecule has 2 rings (SSSR count). The standard InChI is InChI=1S/C15H15O5P/c16-15(13-4-2-1-3-5-13)11-8-12-6-9-14(10-7-12)20-21(17,18)19/h1-7,9-10H,8,11H2,(H2,17,18,19). The molecule has 0 atom stereocenters. The van der Waals surface area contributed by atoms with Crippen LogP contribution < -0.4 is 4.52 Å². The van der Waals surface area contributed by atoms with Crippen LogP contribution in [0, 0.1) is 0 Å². The fourth-order valence-corrected chi connectivity index (χ4v) is 2.28. The van der Waals surface area contributed by atoms with Gasteiger partial charge in [0, 0.05) is 12.0 Å². The zero-order valence-electron chi connectivity index (χ0n) is 11.2. The van der Waals surface area contributed by atoms with Crippen molar-refractivity contribution < 1.29 is 23.7 Å². The maximum Gasteiger partial charge on any atom is 0.524 e. The van der Waals surface area contributed by atoms with Crippen molar-refractivity contribution in [1.29, 1.82) is 0 Å². The van der Waals surface area contributed by atoms with Gasteiger partial charge in [-0.15, -0.1) is 0 Å². The van der Waals surface area contributed by atoms with Crippen LogP contribution in [0.4, 0.5) is 0 Å². The van der Waals surface area contributed by atoms with E-state index in [1.807, 2.05) is 18.2 Å². The van der Waals surface area contributed by atoms with E-state index in [1.54, 1.807) is 24.3 Å². The molecule has 2 N–H and O–H groups in total. The molecule has 21 heavy (non-hydrogen) atoms. The second-order valence-electron chi connectivity index (χ2n) is 4.52. The van der Waals surface area contributed by atoms with E-state index in [2.05, 4.69) is 4.52 Å². The number of ketones is 1. The van der Waals surface area contributed by atoms with Gasteiger partial charge < -0.3 is 4.52 Å². The lowest BCUT2D eigenvalue weighted by atomic mass is 10.0. The van der Waals surface area contributed by atoms with E-state index in [1.165, 1.54) is 12.1 Å². The molecule has 2 aromatic carbocycles. The van der Waals surface area contributed by atoms with E-state index >= 15 is 0 Å². The van der Waals surface area contributed by atoms with Crippen LogP contribution >= 0.6 is 7.82 Å². The number of carbonyl (C=O) groups is 1. The monoisotopic (exact) mass is 306 g/mol. The van der Waals surface area contributed by atoms with E-state index in [0.29, 0.717) is 18.4 Å². The van der Waals surface area contributed by atoms with Gasteiger partial charge in [-0.25, -0.2) is 4.57 Å². The van der Waals surface area contributed by atoms with Gasteiger partial charge in [-0.3, -0.25) is 14.6 Å². The number of carbonyl (C=O) groups excluding carboxylic acids is 1. The zero-order valence-corrected chi connectivity index (χ0v) is 12.1. The molecule has 0 unspecified atom stereocenters. The molecular weight excluding hydrogens is 291 g/mol. The molecule has 0 spiro atoms. The highest BCUT2D eigenvalue weighted by Gasteiger charge is 2.15. The summed E-state index contributed by atoms with van der Waals surface area (Å²) < 4.78 is 15.1. The molecule has 2 aromatic rings. The normalized spacial score (nSPS) is 11.1. The number of phosphoric ester groups is 1. The summed E-state index contributed by atoms with van der Waals surface area (Å²) in [6.07, 6.45) is 0.937. The summed E-state index contributed by atoms with van der Waals surface area (Å²) in [4.78, 5) is 29.3. The fraction of sp³-hybridized carbons (Fsp3) is 0.133. The maximum atomic E-state index is 11.9. The molecule has 0 heterocycles. The summed E-state index contributed by atoms with van der Waals surface area (Å²) in [7, 11) is -4.53. The van der Waals surface area contributed by atoms with Crippen LogP contribution in [0.2, 0.25) is 0 Å². The number of Topliss-reactive ketones (excluding diaryl/α,β-unsaturated/α-hetero) is 1. The number of hydrogen-bond donors (Lipinski definition) is 2. The lowest BCUT2D eigenvalue weighted by molar-refractivity contribution is 0.0983. The SMILES string of the molecule is O=C(CCc1ccc(OP(=O)(O)O)cc1)c1ccccc1. The van der Waals surface area contributed by atoms with Crippen molar-refractivity contribution in [3.63, 3.8) is 0 Å². The number of aryl methyl sites for hydroxylation is 1. The van der Waals surface area contributed by atoms with Crippen molar-refractivity contribution >= 4 is 13.6 Å². The topological polar surface area (TPSA) is 83.8 Å². The quantitative estimate of drug-likeness (QED) is 0.633. The third-order valence-electron chi connectivity index (χ3n) is 2.88. The van der Waals surface area contributed by atoms with Crippen molar-refractivity contribution in [2.24, 2.45) is 0 Å². The number of phosphoric acid groups is 1. The summed E-state index contributed by atoms with van der Waals surface area (Å²) >= 11 is 0. The third-order valence-corrected chi connectivity index (χ3v) is 3.33. The summed E-state index contributed by atoms with van der Waals surface area (Å²) in [6.45, 7) is 0. The molecule has 0 aliphatic heterocycles. The number of rotatable bonds is 6. The maximum absolute atomic E-state index is 11.9. The Morgan fingerprint density at radius 2 is 1.62 bits per heavy atom. The summed E-state index contributed by atoms with van der Waals surface area (Å²) in [5.41, 5.74) is 1.58. The Balaban J connectivity index is 1.92. The summed E-state index contributed by atoms with van der Waals surface area (Å²) in [5, 5.41) is 0. The Morgan fingerprint density at radius 1 is 1.00 bits per heavy atom. The van der Waals surface area contributed by atoms with Crippen molar-refractivity contribution in [1.82, 2.24) is 0 Å². The zero-order chi connectivity index (χ0) is 15.3. The van der Waals surface area contributed by atoms with Gasteiger partial charge in [-0.2, -0.15) is 0 Å². The lowest BCUT2D eigenvalue weighted by Crippen LogP contribution is -2.00. The van der Waals surface area contributed by atoms with Gasteiger partial charge in [0.2, 0.25) is 0 Å². The Bertz CT molecular complexity index is 646. The number of hydrogen-bond acceptors (Lipinski definition) is 3. The Kier molecular flexibility index (Phi) is 4.91. The molecule has 0 saturated heterocycles. The van der Waals surface area contributed by atoms with Gasteiger partial charge >= 0.3 is 7.82 Å². The Hall–Kier alpha value is -1.94. The molecule has 0 fully saturated rings. The van der Waals surface area contributed by atoms with E-state index in [4.69, 9.17) is 9.79 Å². The first-order valence-corrected chi connectivity index (χ1v) is 7.89. The summed E-state index contributed by atoms with van der Waals surface area (Å²) in [5.74, 6) is 0.160. The van der Waals surface area contributed by atoms with E-state index in [0.717, 1.165) is 5.56 Å². The minimum absolute atomic E-state index is 0.0612. The predicted molar refractivity (Wildman–Crippen MR) is 78.2 cm³/mol. The van der Waals surface area contributed by atoms with Crippen LogP contribution in [0.25, 0.3) is 0 Å². The lowest BCUT2D eigenvalue weighted by Gasteiger charge is -2.07. The largest absolute Gasteiger partial charge is 0.524 e. The molecule has 0 radical (unpaired) electrons. The third kappa shape index (κ3) is 5.16. The minimum Gasteiger partial charge on any atom is -0.404 e. The van der Waals surface area contributed by atoms with E-state index < -0.39 is 7.82 Å². The van der Waals surface area contributed by atoms with Gasteiger partial charge in [-0.1, -0.05) is 42.5 Å². The smallest absolute Gasteiger partial charge is 0.404 e. The first-order valence-electron chi connectivity index (χ1n) is 6.36. The second kappa shape index (κ2) is 6.68. The number of benzene rings is 2.